The van der Waals surface area contributed by atoms with Gasteiger partial charge in [0.25, 0.3) is 0 Å². The molecular formula is C14H17F3N2OS. The van der Waals surface area contributed by atoms with Crippen LogP contribution in [-0.4, -0.2) is 16.1 Å². The molecule has 1 aromatic heterocycles. The maximum absolute atomic E-state index is 12.7. The molecule has 0 bridgehead atoms. The molecule has 1 heterocycles. The zero-order chi connectivity index (χ0) is 15.6. The highest BCUT2D eigenvalue weighted by molar-refractivity contribution is 7.80. The summed E-state index contributed by atoms with van der Waals surface area (Å²) in [5, 5.41) is 0. The molecule has 1 aromatic rings. The topological polar surface area (TPSA) is 48.1 Å². The van der Waals surface area contributed by atoms with Gasteiger partial charge in [0.2, 0.25) is 5.88 Å². The van der Waals surface area contributed by atoms with Crippen molar-refractivity contribution < 1.29 is 17.9 Å². The number of thiocarbonyl (C=S) groups is 1. The summed E-state index contributed by atoms with van der Waals surface area (Å²) < 4.78 is 43.9. The fourth-order valence-corrected chi connectivity index (χ4v) is 2.54. The van der Waals surface area contributed by atoms with Crippen LogP contribution in [0.4, 0.5) is 13.2 Å². The molecule has 0 saturated heterocycles. The van der Waals surface area contributed by atoms with Crippen molar-refractivity contribution in [1.29, 1.82) is 0 Å². The molecule has 0 radical (unpaired) electrons. The third kappa shape index (κ3) is 4.06. The molecule has 2 rings (SSSR count). The third-order valence-corrected chi connectivity index (χ3v) is 3.88. The Morgan fingerprint density at radius 1 is 1.29 bits per heavy atom. The first-order valence-corrected chi connectivity index (χ1v) is 7.23. The Hall–Kier alpha value is -1.37. The fraction of sp³-hybridized carbons (Fsp3) is 0.571. The number of alkyl halides is 3. The second-order valence-electron chi connectivity index (χ2n) is 5.41. The molecule has 0 aliphatic heterocycles. The smallest absolute Gasteiger partial charge is 0.433 e. The number of nitrogens with zero attached hydrogens (tertiary/aromatic N) is 1. The summed E-state index contributed by atoms with van der Waals surface area (Å²) >= 11 is 4.85. The molecule has 1 saturated carbocycles. The van der Waals surface area contributed by atoms with Crippen LogP contribution in [0.25, 0.3) is 0 Å². The van der Waals surface area contributed by atoms with E-state index in [1.165, 1.54) is 6.07 Å². The zero-order valence-corrected chi connectivity index (χ0v) is 12.4. The minimum Gasteiger partial charge on any atom is -0.474 e. The van der Waals surface area contributed by atoms with Crippen LogP contribution in [0.3, 0.4) is 0 Å². The van der Waals surface area contributed by atoms with Crippen LogP contribution in [0.15, 0.2) is 12.1 Å². The molecule has 0 atom stereocenters. The first-order chi connectivity index (χ1) is 9.77. The number of hydrogen-bond donors (Lipinski definition) is 1. The molecule has 7 heteroatoms. The van der Waals surface area contributed by atoms with E-state index in [1.807, 2.05) is 0 Å². The van der Waals surface area contributed by atoms with Gasteiger partial charge in [0, 0.05) is 0 Å². The van der Waals surface area contributed by atoms with E-state index in [0.717, 1.165) is 31.7 Å². The maximum atomic E-state index is 12.7. The number of nitrogens with two attached hydrogens (primary N) is 1. The normalized spacial score (nSPS) is 22.9. The van der Waals surface area contributed by atoms with Crippen LogP contribution in [0.1, 0.15) is 43.9 Å². The van der Waals surface area contributed by atoms with Crippen molar-refractivity contribution >= 4 is 17.2 Å². The Labute approximate surface area is 126 Å². The second-order valence-corrected chi connectivity index (χ2v) is 5.85. The number of pyridine rings is 1. The summed E-state index contributed by atoms with van der Waals surface area (Å²) in [5.41, 5.74) is 4.78. The highest BCUT2D eigenvalue weighted by Gasteiger charge is 2.34. The summed E-state index contributed by atoms with van der Waals surface area (Å²) in [7, 11) is 0. The van der Waals surface area contributed by atoms with Crippen LogP contribution < -0.4 is 10.5 Å². The van der Waals surface area contributed by atoms with Crippen molar-refractivity contribution in [1.82, 2.24) is 4.98 Å². The van der Waals surface area contributed by atoms with Crippen molar-refractivity contribution in [3.8, 4) is 5.88 Å². The van der Waals surface area contributed by atoms with Crippen molar-refractivity contribution in [3.05, 3.63) is 23.4 Å². The summed E-state index contributed by atoms with van der Waals surface area (Å²) in [6.07, 6.45) is -1.07. The monoisotopic (exact) mass is 318 g/mol. The number of ether oxygens (including phenoxy) is 1. The van der Waals surface area contributed by atoms with Crippen molar-refractivity contribution in [2.75, 3.05) is 0 Å². The predicted octanol–water partition coefficient (Wildman–Crippen LogP) is 3.69. The summed E-state index contributed by atoms with van der Waals surface area (Å²) in [4.78, 5) is 3.55. The summed E-state index contributed by atoms with van der Waals surface area (Å²) in [6.45, 7) is 2.15. The van der Waals surface area contributed by atoms with Gasteiger partial charge in [0.1, 0.15) is 16.8 Å². The van der Waals surface area contributed by atoms with Crippen molar-refractivity contribution in [2.45, 2.75) is 44.9 Å². The van der Waals surface area contributed by atoms with Crippen LogP contribution in [0.5, 0.6) is 5.88 Å². The van der Waals surface area contributed by atoms with Gasteiger partial charge in [-0.2, -0.15) is 13.2 Å². The summed E-state index contributed by atoms with van der Waals surface area (Å²) in [5.74, 6) is 0.506. The van der Waals surface area contributed by atoms with Gasteiger partial charge in [-0.05, 0) is 43.7 Å². The van der Waals surface area contributed by atoms with Crippen molar-refractivity contribution in [2.24, 2.45) is 11.7 Å². The Morgan fingerprint density at radius 3 is 2.43 bits per heavy atom. The first-order valence-electron chi connectivity index (χ1n) is 6.82. The highest BCUT2D eigenvalue weighted by atomic mass is 32.1. The summed E-state index contributed by atoms with van der Waals surface area (Å²) in [6, 6.07) is 2.09. The maximum Gasteiger partial charge on any atom is 0.433 e. The van der Waals surface area contributed by atoms with E-state index < -0.39 is 11.9 Å². The van der Waals surface area contributed by atoms with Gasteiger partial charge in [-0.1, -0.05) is 19.1 Å². The molecule has 0 unspecified atom stereocenters. The van der Waals surface area contributed by atoms with Crippen LogP contribution in [0, 0.1) is 5.92 Å². The van der Waals surface area contributed by atoms with E-state index in [1.54, 1.807) is 0 Å². The quantitative estimate of drug-likeness (QED) is 0.864. The zero-order valence-electron chi connectivity index (χ0n) is 11.6. The van der Waals surface area contributed by atoms with Gasteiger partial charge >= 0.3 is 6.18 Å². The van der Waals surface area contributed by atoms with Gasteiger partial charge in [-0.15, -0.1) is 0 Å². The number of rotatable bonds is 3. The number of hydrogen-bond acceptors (Lipinski definition) is 3. The lowest BCUT2D eigenvalue weighted by atomic mass is 9.89. The lowest BCUT2D eigenvalue weighted by Crippen LogP contribution is -2.25. The van der Waals surface area contributed by atoms with Gasteiger partial charge < -0.3 is 10.5 Å². The van der Waals surface area contributed by atoms with Crippen molar-refractivity contribution in [3.63, 3.8) is 0 Å². The molecule has 1 aliphatic carbocycles. The molecule has 1 fully saturated rings. The molecule has 1 aliphatic rings. The molecule has 116 valence electrons. The Balaban J connectivity index is 2.24. The predicted molar refractivity (Wildman–Crippen MR) is 77.2 cm³/mol. The molecule has 0 spiro atoms. The van der Waals surface area contributed by atoms with Crippen LogP contribution >= 0.6 is 12.2 Å². The Kier molecular flexibility index (Phi) is 4.70. The average Bonchev–Trinajstić information content (AvgIpc) is 2.40. The Bertz CT molecular complexity index is 525. The van der Waals surface area contributed by atoms with Crippen LogP contribution in [0.2, 0.25) is 0 Å². The standard InChI is InChI=1S/C14H17F3N2OS/c1-8-2-4-9(5-3-8)20-13-10(12(18)21)6-7-11(19-13)14(15,16)17/h6-9H,2-5H2,1H3,(H2,18,21). The average molecular weight is 318 g/mol. The fourth-order valence-electron chi connectivity index (χ4n) is 2.38. The van der Waals surface area contributed by atoms with E-state index in [0.29, 0.717) is 5.92 Å². The van der Waals surface area contributed by atoms with E-state index in [4.69, 9.17) is 22.7 Å². The highest BCUT2D eigenvalue weighted by Crippen LogP contribution is 2.32. The largest absolute Gasteiger partial charge is 0.474 e. The Morgan fingerprint density at radius 2 is 1.90 bits per heavy atom. The minimum absolute atomic E-state index is 0.0181. The van der Waals surface area contributed by atoms with E-state index in [9.17, 15) is 13.2 Å². The van der Waals surface area contributed by atoms with E-state index >= 15 is 0 Å². The van der Waals surface area contributed by atoms with Gasteiger partial charge in [0.05, 0.1) is 5.56 Å². The first kappa shape index (κ1) is 16.0. The van der Waals surface area contributed by atoms with Crippen LogP contribution in [-0.2, 0) is 6.18 Å². The number of halogens is 3. The van der Waals surface area contributed by atoms with Gasteiger partial charge in [-0.25, -0.2) is 4.98 Å². The molecule has 0 amide bonds. The lowest BCUT2D eigenvalue weighted by molar-refractivity contribution is -0.141. The van der Waals surface area contributed by atoms with Gasteiger partial charge in [0.15, 0.2) is 0 Å². The minimum atomic E-state index is -4.52. The van der Waals surface area contributed by atoms with E-state index in [2.05, 4.69) is 11.9 Å². The SMILES string of the molecule is CC1CCC(Oc2nc(C(F)(F)F)ccc2C(N)=S)CC1. The second kappa shape index (κ2) is 6.17. The molecule has 21 heavy (non-hydrogen) atoms. The van der Waals surface area contributed by atoms with Gasteiger partial charge in [-0.3, -0.25) is 0 Å². The molecule has 2 N–H and O–H groups in total. The molecule has 3 nitrogen and oxygen atoms in total. The molecule has 0 aromatic carbocycles. The molecular weight excluding hydrogens is 301 g/mol. The third-order valence-electron chi connectivity index (χ3n) is 3.66. The lowest BCUT2D eigenvalue weighted by Gasteiger charge is -2.27. The van der Waals surface area contributed by atoms with E-state index in [-0.39, 0.29) is 22.5 Å². The number of aromatic nitrogens is 1.